The maximum absolute atomic E-state index is 11.3. The Morgan fingerprint density at radius 3 is 2.81 bits per heavy atom. The van der Waals surface area contributed by atoms with Crippen LogP contribution in [0.3, 0.4) is 0 Å². The number of rotatable bonds is 0. The van der Waals surface area contributed by atoms with E-state index in [-0.39, 0.29) is 5.56 Å². The molecule has 2 heterocycles. The molecule has 16 heavy (non-hydrogen) atoms. The zero-order valence-electron chi connectivity index (χ0n) is 8.62. The number of aromatic amines is 1. The van der Waals surface area contributed by atoms with Crippen LogP contribution >= 0.6 is 15.9 Å². The molecule has 0 fully saturated rings. The monoisotopic (exact) mass is 276 g/mol. The lowest BCUT2D eigenvalue weighted by molar-refractivity contribution is 1.01. The van der Waals surface area contributed by atoms with Crippen LogP contribution in [0.4, 0.5) is 0 Å². The van der Waals surface area contributed by atoms with E-state index in [0.717, 1.165) is 26.3 Å². The topological polar surface area (TPSA) is 37.8 Å². The van der Waals surface area contributed by atoms with Gasteiger partial charge < -0.3 is 9.55 Å². The molecular formula is C12H9BrN2O. The number of fused-ring (bicyclic) bond motifs is 3. The summed E-state index contributed by atoms with van der Waals surface area (Å²) in [5.41, 5.74) is 2.08. The number of hydrogen-bond donors (Lipinski definition) is 1. The molecule has 4 heteroatoms. The smallest absolute Gasteiger partial charge is 0.248 e. The molecule has 0 aliphatic rings. The second-order valence-corrected chi connectivity index (χ2v) is 4.73. The summed E-state index contributed by atoms with van der Waals surface area (Å²) < 4.78 is 3.11. The molecule has 0 unspecified atom stereocenters. The average molecular weight is 277 g/mol. The number of halogens is 1. The zero-order valence-corrected chi connectivity index (χ0v) is 10.2. The quantitative estimate of drug-likeness (QED) is 0.674. The van der Waals surface area contributed by atoms with Crippen LogP contribution in [-0.2, 0) is 7.05 Å². The van der Waals surface area contributed by atoms with Gasteiger partial charge in [0.2, 0.25) is 5.56 Å². The minimum Gasteiger partial charge on any atom is -0.342 e. The van der Waals surface area contributed by atoms with Crippen LogP contribution in [0, 0.1) is 0 Å². The molecule has 1 aromatic carbocycles. The summed E-state index contributed by atoms with van der Waals surface area (Å²) in [4.78, 5) is 14.0. The van der Waals surface area contributed by atoms with Crippen LogP contribution in [-0.4, -0.2) is 9.55 Å². The molecule has 0 aliphatic heterocycles. The molecule has 2 aromatic heterocycles. The maximum atomic E-state index is 11.3. The Morgan fingerprint density at radius 1 is 1.19 bits per heavy atom. The first-order chi connectivity index (χ1) is 7.66. The predicted molar refractivity (Wildman–Crippen MR) is 68.7 cm³/mol. The largest absolute Gasteiger partial charge is 0.342 e. The van der Waals surface area contributed by atoms with E-state index in [0.29, 0.717) is 0 Å². The lowest BCUT2D eigenvalue weighted by atomic mass is 10.2. The lowest BCUT2D eigenvalue weighted by Crippen LogP contribution is -2.01. The zero-order chi connectivity index (χ0) is 11.3. The lowest BCUT2D eigenvalue weighted by Gasteiger charge is -1.97. The van der Waals surface area contributed by atoms with Crippen LogP contribution in [0.25, 0.3) is 21.8 Å². The molecule has 0 radical (unpaired) electrons. The molecule has 0 aliphatic carbocycles. The number of aryl methyl sites for hydroxylation is 1. The minimum absolute atomic E-state index is 0.0667. The summed E-state index contributed by atoms with van der Waals surface area (Å²) in [6.45, 7) is 0. The van der Waals surface area contributed by atoms with Gasteiger partial charge in [-0.2, -0.15) is 0 Å². The number of nitrogens with zero attached hydrogens (tertiary/aromatic N) is 1. The molecular weight excluding hydrogens is 268 g/mol. The van der Waals surface area contributed by atoms with Gasteiger partial charge in [0.25, 0.3) is 0 Å². The Labute approximate surface area is 99.8 Å². The fourth-order valence-electron chi connectivity index (χ4n) is 2.10. The number of pyridine rings is 1. The van der Waals surface area contributed by atoms with E-state index in [1.54, 1.807) is 12.3 Å². The normalized spacial score (nSPS) is 11.4. The van der Waals surface area contributed by atoms with Crippen LogP contribution in [0.15, 0.2) is 39.7 Å². The third-order valence-electron chi connectivity index (χ3n) is 2.88. The Bertz CT molecular complexity index is 755. The van der Waals surface area contributed by atoms with Crippen molar-refractivity contribution >= 4 is 37.7 Å². The SMILES string of the molecule is Cn1c2c[nH]c(=O)cc2c2ccc(Br)cc21. The van der Waals surface area contributed by atoms with Crippen molar-refractivity contribution in [3.05, 3.63) is 45.3 Å². The van der Waals surface area contributed by atoms with E-state index < -0.39 is 0 Å². The second kappa shape index (κ2) is 3.22. The molecule has 0 spiro atoms. The van der Waals surface area contributed by atoms with Crippen molar-refractivity contribution in [1.82, 2.24) is 9.55 Å². The molecule has 0 saturated heterocycles. The number of benzene rings is 1. The highest BCUT2D eigenvalue weighted by atomic mass is 79.9. The van der Waals surface area contributed by atoms with Gasteiger partial charge in [0, 0.05) is 40.1 Å². The molecule has 0 amide bonds. The predicted octanol–water partition coefficient (Wildman–Crippen LogP) is 2.78. The Hall–Kier alpha value is -1.55. The van der Waals surface area contributed by atoms with E-state index in [2.05, 4.69) is 31.5 Å². The number of aromatic nitrogens is 2. The molecule has 0 atom stereocenters. The van der Waals surface area contributed by atoms with E-state index >= 15 is 0 Å². The summed E-state index contributed by atoms with van der Waals surface area (Å²) in [5, 5.41) is 2.10. The van der Waals surface area contributed by atoms with Gasteiger partial charge in [-0.3, -0.25) is 4.79 Å². The van der Waals surface area contributed by atoms with Gasteiger partial charge in [0.15, 0.2) is 0 Å². The van der Waals surface area contributed by atoms with Crippen LogP contribution in [0.1, 0.15) is 0 Å². The van der Waals surface area contributed by atoms with Crippen molar-refractivity contribution in [3.63, 3.8) is 0 Å². The standard InChI is InChI=1S/C12H9BrN2O/c1-15-10-4-7(13)2-3-8(10)9-5-12(16)14-6-11(9)15/h2-6H,1H3,(H,14,16). The van der Waals surface area contributed by atoms with Crippen molar-refractivity contribution in [2.75, 3.05) is 0 Å². The van der Waals surface area contributed by atoms with Crippen molar-refractivity contribution in [2.45, 2.75) is 0 Å². The molecule has 1 N–H and O–H groups in total. The van der Waals surface area contributed by atoms with Crippen LogP contribution < -0.4 is 5.56 Å². The highest BCUT2D eigenvalue weighted by Crippen LogP contribution is 2.28. The number of nitrogens with one attached hydrogen (secondary N) is 1. The van der Waals surface area contributed by atoms with E-state index in [1.165, 1.54) is 0 Å². The fourth-order valence-corrected chi connectivity index (χ4v) is 2.45. The summed E-state index contributed by atoms with van der Waals surface area (Å²) in [5.74, 6) is 0. The molecule has 80 valence electrons. The molecule has 0 saturated carbocycles. The minimum atomic E-state index is -0.0667. The molecule has 3 nitrogen and oxygen atoms in total. The van der Waals surface area contributed by atoms with Crippen molar-refractivity contribution < 1.29 is 0 Å². The van der Waals surface area contributed by atoms with Crippen LogP contribution in [0.5, 0.6) is 0 Å². The Morgan fingerprint density at radius 2 is 2.00 bits per heavy atom. The fraction of sp³-hybridized carbons (Fsp3) is 0.0833. The maximum Gasteiger partial charge on any atom is 0.248 e. The summed E-state index contributed by atoms with van der Waals surface area (Å²) in [6, 6.07) is 7.72. The number of hydrogen-bond acceptors (Lipinski definition) is 1. The van der Waals surface area contributed by atoms with Gasteiger partial charge in [-0.05, 0) is 12.1 Å². The molecule has 3 aromatic rings. The number of H-pyrrole nitrogens is 1. The van der Waals surface area contributed by atoms with Gasteiger partial charge in [0.05, 0.1) is 5.52 Å². The first-order valence-corrected chi connectivity index (χ1v) is 5.72. The highest BCUT2D eigenvalue weighted by Gasteiger charge is 2.08. The van der Waals surface area contributed by atoms with E-state index in [1.807, 2.05) is 19.2 Å². The van der Waals surface area contributed by atoms with Crippen molar-refractivity contribution in [3.8, 4) is 0 Å². The van der Waals surface area contributed by atoms with Gasteiger partial charge in [-0.15, -0.1) is 0 Å². The van der Waals surface area contributed by atoms with Crippen molar-refractivity contribution in [1.29, 1.82) is 0 Å². The summed E-state index contributed by atoms with van der Waals surface area (Å²) in [6.07, 6.45) is 1.76. The third kappa shape index (κ3) is 1.23. The molecule has 0 bridgehead atoms. The van der Waals surface area contributed by atoms with Gasteiger partial charge in [-0.25, -0.2) is 0 Å². The van der Waals surface area contributed by atoms with Gasteiger partial charge in [-0.1, -0.05) is 22.0 Å². The Balaban J connectivity index is 2.64. The average Bonchev–Trinajstić information content (AvgIpc) is 2.52. The Kier molecular flexibility index (Phi) is 1.94. The molecule has 3 rings (SSSR count). The first kappa shape index (κ1) is 9.66. The summed E-state index contributed by atoms with van der Waals surface area (Å²) in [7, 11) is 2.00. The van der Waals surface area contributed by atoms with Crippen molar-refractivity contribution in [2.24, 2.45) is 7.05 Å². The summed E-state index contributed by atoms with van der Waals surface area (Å²) >= 11 is 3.46. The van der Waals surface area contributed by atoms with Crippen LogP contribution in [0.2, 0.25) is 0 Å². The first-order valence-electron chi connectivity index (χ1n) is 4.93. The highest BCUT2D eigenvalue weighted by molar-refractivity contribution is 9.10. The third-order valence-corrected chi connectivity index (χ3v) is 3.37. The van der Waals surface area contributed by atoms with Gasteiger partial charge >= 0.3 is 0 Å². The van der Waals surface area contributed by atoms with E-state index in [4.69, 9.17) is 0 Å². The van der Waals surface area contributed by atoms with Gasteiger partial charge in [0.1, 0.15) is 0 Å². The second-order valence-electron chi connectivity index (χ2n) is 3.82. The van der Waals surface area contributed by atoms with E-state index in [9.17, 15) is 4.79 Å².